The lowest BCUT2D eigenvalue weighted by atomic mass is 10.0. The van der Waals surface area contributed by atoms with Crippen LogP contribution in [0.2, 0.25) is 5.02 Å². The van der Waals surface area contributed by atoms with E-state index in [0.29, 0.717) is 33.3 Å². The lowest BCUT2D eigenvalue weighted by Gasteiger charge is -2.16. The molecule has 0 unspecified atom stereocenters. The van der Waals surface area contributed by atoms with Crippen molar-refractivity contribution in [3.63, 3.8) is 0 Å². The third-order valence-corrected chi connectivity index (χ3v) is 5.65. The second-order valence-electron chi connectivity index (χ2n) is 7.09. The summed E-state index contributed by atoms with van der Waals surface area (Å²) in [6.45, 7) is 1.83. The zero-order valence-corrected chi connectivity index (χ0v) is 18.1. The van der Waals surface area contributed by atoms with Gasteiger partial charge in [0.15, 0.2) is 0 Å². The number of anilines is 2. The SMILES string of the molecule is COc1ccccc1C1=C(Nc2cccc(Cl)c2C)C(=O)N(c2ccc(C#N)cc2)C1=O. The summed E-state index contributed by atoms with van der Waals surface area (Å²) in [5, 5.41) is 12.7. The number of para-hydroxylation sites is 1. The Morgan fingerprint density at radius 3 is 2.38 bits per heavy atom. The van der Waals surface area contributed by atoms with Crippen molar-refractivity contribution in [3.05, 3.63) is 94.1 Å². The Morgan fingerprint density at radius 2 is 1.69 bits per heavy atom. The van der Waals surface area contributed by atoms with Crippen LogP contribution >= 0.6 is 11.6 Å². The Kier molecular flexibility index (Phi) is 5.67. The molecule has 0 saturated carbocycles. The molecule has 0 saturated heterocycles. The number of nitrogens with one attached hydrogen (secondary N) is 1. The van der Waals surface area contributed by atoms with Gasteiger partial charge in [-0.1, -0.05) is 35.9 Å². The maximum absolute atomic E-state index is 13.6. The predicted molar refractivity (Wildman–Crippen MR) is 123 cm³/mol. The normalized spacial score (nSPS) is 13.4. The summed E-state index contributed by atoms with van der Waals surface area (Å²) >= 11 is 6.25. The largest absolute Gasteiger partial charge is 0.496 e. The van der Waals surface area contributed by atoms with Crippen LogP contribution in [0.5, 0.6) is 5.75 Å². The molecule has 0 aromatic heterocycles. The minimum absolute atomic E-state index is 0.120. The van der Waals surface area contributed by atoms with Gasteiger partial charge < -0.3 is 10.1 Å². The van der Waals surface area contributed by atoms with Crippen molar-refractivity contribution in [2.75, 3.05) is 17.3 Å². The first-order valence-corrected chi connectivity index (χ1v) is 10.1. The standard InChI is InChI=1S/C25H18ClN3O3/c1-15-19(26)7-5-8-20(15)28-23-22(18-6-3-4-9-21(18)32-2)24(30)29(25(23)31)17-12-10-16(14-27)11-13-17/h3-13,28H,1-2H3. The van der Waals surface area contributed by atoms with Gasteiger partial charge in [-0.15, -0.1) is 0 Å². The van der Waals surface area contributed by atoms with Gasteiger partial charge in [0.1, 0.15) is 11.4 Å². The fourth-order valence-electron chi connectivity index (χ4n) is 3.54. The number of nitriles is 1. The van der Waals surface area contributed by atoms with Gasteiger partial charge in [-0.05, 0) is 55.0 Å². The summed E-state index contributed by atoms with van der Waals surface area (Å²) in [6, 6.07) is 20.6. The molecule has 6 nitrogen and oxygen atoms in total. The Labute approximate surface area is 190 Å². The number of rotatable bonds is 5. The van der Waals surface area contributed by atoms with Crippen LogP contribution in [-0.2, 0) is 9.59 Å². The van der Waals surface area contributed by atoms with Crippen LogP contribution in [0.15, 0.2) is 72.4 Å². The Bertz CT molecular complexity index is 1310. The topological polar surface area (TPSA) is 82.4 Å². The van der Waals surface area contributed by atoms with Crippen molar-refractivity contribution in [2.24, 2.45) is 0 Å². The third-order valence-electron chi connectivity index (χ3n) is 5.24. The number of hydrogen-bond acceptors (Lipinski definition) is 5. The van der Waals surface area contributed by atoms with Crippen LogP contribution in [0.3, 0.4) is 0 Å². The average molecular weight is 444 g/mol. The van der Waals surface area contributed by atoms with Crippen molar-refractivity contribution in [2.45, 2.75) is 6.92 Å². The molecular formula is C25H18ClN3O3. The first kappa shape index (κ1) is 21.2. The minimum Gasteiger partial charge on any atom is -0.496 e. The van der Waals surface area contributed by atoms with E-state index >= 15 is 0 Å². The molecule has 1 N–H and O–H groups in total. The first-order chi connectivity index (χ1) is 15.5. The number of benzene rings is 3. The molecule has 0 atom stereocenters. The molecule has 7 heteroatoms. The average Bonchev–Trinajstić information content (AvgIpc) is 3.06. The predicted octanol–water partition coefficient (Wildman–Crippen LogP) is 4.93. The number of carbonyl (C=O) groups is 2. The zero-order valence-electron chi connectivity index (χ0n) is 17.3. The van der Waals surface area contributed by atoms with E-state index < -0.39 is 11.8 Å². The fraction of sp³-hybridized carbons (Fsp3) is 0.0800. The van der Waals surface area contributed by atoms with Crippen LogP contribution in [0, 0.1) is 18.3 Å². The maximum atomic E-state index is 13.6. The summed E-state index contributed by atoms with van der Waals surface area (Å²) < 4.78 is 5.45. The second-order valence-corrected chi connectivity index (χ2v) is 7.50. The molecule has 0 radical (unpaired) electrons. The molecule has 3 aromatic rings. The molecule has 4 rings (SSSR count). The van der Waals surface area contributed by atoms with Crippen molar-refractivity contribution in [1.29, 1.82) is 5.26 Å². The highest BCUT2D eigenvalue weighted by Gasteiger charge is 2.41. The number of amides is 2. The number of methoxy groups -OCH3 is 1. The van der Waals surface area contributed by atoms with Gasteiger partial charge in [-0.25, -0.2) is 4.90 Å². The monoisotopic (exact) mass is 443 g/mol. The van der Waals surface area contributed by atoms with Crippen LogP contribution in [0.4, 0.5) is 11.4 Å². The molecule has 2 amide bonds. The van der Waals surface area contributed by atoms with Gasteiger partial charge in [-0.3, -0.25) is 9.59 Å². The van der Waals surface area contributed by atoms with E-state index in [1.54, 1.807) is 66.7 Å². The fourth-order valence-corrected chi connectivity index (χ4v) is 3.72. The molecule has 3 aromatic carbocycles. The molecule has 1 aliphatic heterocycles. The summed E-state index contributed by atoms with van der Waals surface area (Å²) in [4.78, 5) is 28.1. The minimum atomic E-state index is -0.514. The van der Waals surface area contributed by atoms with Crippen molar-refractivity contribution in [1.82, 2.24) is 0 Å². The van der Waals surface area contributed by atoms with Gasteiger partial charge in [0.25, 0.3) is 11.8 Å². The molecule has 158 valence electrons. The summed E-state index contributed by atoms with van der Waals surface area (Å²) in [7, 11) is 1.51. The van der Waals surface area contributed by atoms with E-state index in [2.05, 4.69) is 5.32 Å². The van der Waals surface area contributed by atoms with Crippen LogP contribution in [0.1, 0.15) is 16.7 Å². The van der Waals surface area contributed by atoms with E-state index in [1.807, 2.05) is 13.0 Å². The molecule has 0 fully saturated rings. The number of carbonyl (C=O) groups excluding carboxylic acids is 2. The highest BCUT2D eigenvalue weighted by atomic mass is 35.5. The Morgan fingerprint density at radius 1 is 0.969 bits per heavy atom. The number of hydrogen-bond donors (Lipinski definition) is 1. The number of halogens is 1. The molecule has 1 heterocycles. The molecule has 32 heavy (non-hydrogen) atoms. The quantitative estimate of drug-likeness (QED) is 0.565. The molecular weight excluding hydrogens is 426 g/mol. The highest BCUT2D eigenvalue weighted by molar-refractivity contribution is 6.46. The molecule has 0 aliphatic carbocycles. The zero-order chi connectivity index (χ0) is 22.8. The van der Waals surface area contributed by atoms with E-state index in [1.165, 1.54) is 7.11 Å². The number of nitrogens with zero attached hydrogens (tertiary/aromatic N) is 2. The third kappa shape index (κ3) is 3.59. The van der Waals surface area contributed by atoms with Gasteiger partial charge in [0.05, 0.1) is 30.0 Å². The smallest absolute Gasteiger partial charge is 0.282 e. The first-order valence-electron chi connectivity index (χ1n) is 9.75. The van der Waals surface area contributed by atoms with Gasteiger partial charge in [-0.2, -0.15) is 5.26 Å². The number of ether oxygens (including phenoxy) is 1. The lowest BCUT2D eigenvalue weighted by molar-refractivity contribution is -0.120. The summed E-state index contributed by atoms with van der Waals surface area (Å²) in [5.74, 6) is -0.543. The van der Waals surface area contributed by atoms with Crippen LogP contribution in [-0.4, -0.2) is 18.9 Å². The van der Waals surface area contributed by atoms with Crippen molar-refractivity contribution < 1.29 is 14.3 Å². The molecule has 1 aliphatic rings. The second kappa shape index (κ2) is 8.58. The van der Waals surface area contributed by atoms with Crippen molar-refractivity contribution >= 4 is 40.4 Å². The Balaban J connectivity index is 1.87. The van der Waals surface area contributed by atoms with E-state index in [-0.39, 0.29) is 11.3 Å². The van der Waals surface area contributed by atoms with Gasteiger partial charge in [0, 0.05) is 16.3 Å². The van der Waals surface area contributed by atoms with Crippen molar-refractivity contribution in [3.8, 4) is 11.8 Å². The maximum Gasteiger partial charge on any atom is 0.282 e. The molecule has 0 bridgehead atoms. The lowest BCUT2D eigenvalue weighted by Crippen LogP contribution is -2.32. The Hall–Kier alpha value is -4.08. The van der Waals surface area contributed by atoms with Crippen LogP contribution in [0.25, 0.3) is 5.57 Å². The molecule has 0 spiro atoms. The number of imide groups is 1. The highest BCUT2D eigenvalue weighted by Crippen LogP contribution is 2.38. The summed E-state index contributed by atoms with van der Waals surface area (Å²) in [5.41, 5.74) is 2.96. The van der Waals surface area contributed by atoms with Gasteiger partial charge in [0.2, 0.25) is 0 Å². The van der Waals surface area contributed by atoms with E-state index in [9.17, 15) is 9.59 Å². The van der Waals surface area contributed by atoms with E-state index in [4.69, 9.17) is 21.6 Å². The summed E-state index contributed by atoms with van der Waals surface area (Å²) in [6.07, 6.45) is 0. The van der Waals surface area contributed by atoms with E-state index in [0.717, 1.165) is 10.5 Å². The van der Waals surface area contributed by atoms with Crippen LogP contribution < -0.4 is 15.0 Å². The van der Waals surface area contributed by atoms with Gasteiger partial charge >= 0.3 is 0 Å².